The van der Waals surface area contributed by atoms with Gasteiger partial charge < -0.3 is 10.2 Å². The summed E-state index contributed by atoms with van der Waals surface area (Å²) in [5, 5.41) is 2.78. The second kappa shape index (κ2) is 8.41. The van der Waals surface area contributed by atoms with Crippen molar-refractivity contribution in [1.82, 2.24) is 4.31 Å². The van der Waals surface area contributed by atoms with E-state index in [1.165, 1.54) is 9.21 Å². The molecule has 0 radical (unpaired) electrons. The predicted molar refractivity (Wildman–Crippen MR) is 117 cm³/mol. The van der Waals surface area contributed by atoms with Crippen molar-refractivity contribution in [3.8, 4) is 0 Å². The van der Waals surface area contributed by atoms with Crippen LogP contribution in [0, 0.1) is 5.92 Å². The number of nitrogens with zero attached hydrogens (tertiary/aromatic N) is 2. The van der Waals surface area contributed by atoms with Gasteiger partial charge in [-0.1, -0.05) is 12.1 Å². The number of carbonyl (C=O) groups is 2. The number of para-hydroxylation sites is 2. The lowest BCUT2D eigenvalue weighted by Crippen LogP contribution is -2.48. The van der Waals surface area contributed by atoms with E-state index in [9.17, 15) is 18.0 Å². The number of rotatable bonds is 4. The van der Waals surface area contributed by atoms with Crippen LogP contribution < -0.4 is 10.2 Å². The Morgan fingerprint density at radius 1 is 1.07 bits per heavy atom. The number of amides is 2. The maximum Gasteiger partial charge on any atom is 0.244 e. The van der Waals surface area contributed by atoms with Crippen molar-refractivity contribution in [1.29, 1.82) is 0 Å². The van der Waals surface area contributed by atoms with E-state index < -0.39 is 10.0 Å². The minimum Gasteiger partial charge on any atom is -0.323 e. The Morgan fingerprint density at radius 3 is 2.40 bits per heavy atom. The fourth-order valence-corrected chi connectivity index (χ4v) is 5.77. The Bertz CT molecular complexity index is 1060. The van der Waals surface area contributed by atoms with Crippen molar-refractivity contribution in [3.63, 3.8) is 0 Å². The second-order valence-corrected chi connectivity index (χ2v) is 10.2. The molecule has 9 heteroatoms. The van der Waals surface area contributed by atoms with Crippen LogP contribution in [0.15, 0.2) is 58.3 Å². The minimum atomic E-state index is -3.58. The fraction of sp³-hybridized carbons (Fsp3) is 0.333. The lowest BCUT2D eigenvalue weighted by Gasteiger charge is -2.35. The Labute approximate surface area is 180 Å². The van der Waals surface area contributed by atoms with Crippen molar-refractivity contribution in [2.45, 2.75) is 22.6 Å². The molecular weight excluding hydrogens is 422 g/mol. The first kappa shape index (κ1) is 20.9. The van der Waals surface area contributed by atoms with Crippen LogP contribution in [-0.2, 0) is 19.6 Å². The van der Waals surface area contributed by atoms with E-state index in [0.29, 0.717) is 24.2 Å². The molecule has 1 N–H and O–H groups in total. The molecule has 158 valence electrons. The van der Waals surface area contributed by atoms with E-state index in [1.807, 2.05) is 24.5 Å². The smallest absolute Gasteiger partial charge is 0.244 e. The number of thioether (sulfide) groups is 1. The van der Waals surface area contributed by atoms with Gasteiger partial charge in [-0.15, -0.1) is 11.8 Å². The van der Waals surface area contributed by atoms with E-state index in [1.54, 1.807) is 42.1 Å². The SMILES string of the molecule is CSc1ccc(S(=O)(=O)N2CCC(C(=O)N3CC(=O)Nc4ccccc43)CC2)cc1. The molecule has 1 saturated heterocycles. The molecule has 0 aliphatic carbocycles. The quantitative estimate of drug-likeness (QED) is 0.732. The van der Waals surface area contributed by atoms with Crippen molar-refractivity contribution < 1.29 is 18.0 Å². The number of sulfonamides is 1. The van der Waals surface area contributed by atoms with Gasteiger partial charge in [-0.3, -0.25) is 9.59 Å². The van der Waals surface area contributed by atoms with Gasteiger partial charge in [-0.25, -0.2) is 8.42 Å². The number of benzene rings is 2. The van der Waals surface area contributed by atoms with Crippen molar-refractivity contribution >= 4 is 45.0 Å². The third kappa shape index (κ3) is 3.97. The zero-order valence-corrected chi connectivity index (χ0v) is 18.2. The van der Waals surface area contributed by atoms with Crippen LogP contribution in [0.3, 0.4) is 0 Å². The van der Waals surface area contributed by atoms with Gasteiger partial charge in [0.2, 0.25) is 21.8 Å². The van der Waals surface area contributed by atoms with Gasteiger partial charge in [0.15, 0.2) is 0 Å². The monoisotopic (exact) mass is 445 g/mol. The van der Waals surface area contributed by atoms with E-state index in [2.05, 4.69) is 5.32 Å². The highest BCUT2D eigenvalue weighted by atomic mass is 32.2. The molecule has 1 fully saturated rings. The Balaban J connectivity index is 1.45. The molecule has 4 rings (SSSR count). The summed E-state index contributed by atoms with van der Waals surface area (Å²) in [4.78, 5) is 27.9. The van der Waals surface area contributed by atoms with Gasteiger partial charge in [-0.2, -0.15) is 4.31 Å². The van der Waals surface area contributed by atoms with Gasteiger partial charge in [0.25, 0.3) is 0 Å². The van der Waals surface area contributed by atoms with Crippen LogP contribution in [0.4, 0.5) is 11.4 Å². The molecule has 7 nitrogen and oxygen atoms in total. The third-order valence-corrected chi connectivity index (χ3v) is 8.19. The van der Waals surface area contributed by atoms with Crippen LogP contribution in [0.2, 0.25) is 0 Å². The van der Waals surface area contributed by atoms with E-state index in [4.69, 9.17) is 0 Å². The summed E-state index contributed by atoms with van der Waals surface area (Å²) in [5.74, 6) is -0.663. The van der Waals surface area contributed by atoms with Gasteiger partial charge in [0.1, 0.15) is 6.54 Å². The molecule has 0 aromatic heterocycles. The number of anilines is 2. The Morgan fingerprint density at radius 2 is 1.73 bits per heavy atom. The van der Waals surface area contributed by atoms with Crippen molar-refractivity contribution in [2.24, 2.45) is 5.92 Å². The summed E-state index contributed by atoms with van der Waals surface area (Å²) < 4.78 is 27.3. The lowest BCUT2D eigenvalue weighted by molar-refractivity contribution is -0.125. The van der Waals surface area contributed by atoms with Crippen LogP contribution in [0.25, 0.3) is 0 Å². The maximum atomic E-state index is 13.1. The number of carbonyl (C=O) groups excluding carboxylic acids is 2. The lowest BCUT2D eigenvalue weighted by atomic mass is 9.95. The average Bonchev–Trinajstić information content (AvgIpc) is 2.78. The largest absolute Gasteiger partial charge is 0.323 e. The normalized spacial score (nSPS) is 18.0. The van der Waals surface area contributed by atoms with Crippen LogP contribution >= 0.6 is 11.8 Å². The summed E-state index contributed by atoms with van der Waals surface area (Å²) in [6.45, 7) is 0.547. The van der Waals surface area contributed by atoms with Crippen LogP contribution in [-0.4, -0.2) is 50.4 Å². The van der Waals surface area contributed by atoms with Gasteiger partial charge >= 0.3 is 0 Å². The van der Waals surface area contributed by atoms with E-state index in [-0.39, 0.29) is 42.3 Å². The molecular formula is C21H23N3O4S2. The molecule has 0 unspecified atom stereocenters. The predicted octanol–water partition coefficient (Wildman–Crippen LogP) is 2.79. The van der Waals surface area contributed by atoms with Crippen molar-refractivity contribution in [3.05, 3.63) is 48.5 Å². The summed E-state index contributed by atoms with van der Waals surface area (Å²) in [6.07, 6.45) is 2.80. The first-order valence-corrected chi connectivity index (χ1v) is 12.4. The maximum absolute atomic E-state index is 13.1. The number of nitrogens with one attached hydrogen (secondary N) is 1. The Kier molecular flexibility index (Phi) is 5.86. The van der Waals surface area contributed by atoms with Gasteiger partial charge in [0.05, 0.1) is 16.3 Å². The number of fused-ring (bicyclic) bond motifs is 1. The first-order valence-electron chi connectivity index (χ1n) is 9.74. The van der Waals surface area contributed by atoms with E-state index in [0.717, 1.165) is 4.90 Å². The zero-order chi connectivity index (χ0) is 21.3. The molecule has 0 spiro atoms. The molecule has 2 heterocycles. The van der Waals surface area contributed by atoms with Gasteiger partial charge in [-0.05, 0) is 55.5 Å². The zero-order valence-electron chi connectivity index (χ0n) is 16.6. The molecule has 2 amide bonds. The third-order valence-electron chi connectivity index (χ3n) is 5.54. The van der Waals surface area contributed by atoms with Crippen LogP contribution in [0.5, 0.6) is 0 Å². The number of piperidine rings is 1. The summed E-state index contributed by atoms with van der Waals surface area (Å²) in [5.41, 5.74) is 1.31. The molecule has 0 saturated carbocycles. The molecule has 2 aliphatic heterocycles. The van der Waals surface area contributed by atoms with Crippen molar-refractivity contribution in [2.75, 3.05) is 36.1 Å². The van der Waals surface area contributed by atoms with Gasteiger partial charge in [0, 0.05) is 23.9 Å². The summed E-state index contributed by atoms with van der Waals surface area (Å²) >= 11 is 1.56. The standard InChI is InChI=1S/C21H23N3O4S2/c1-29-16-6-8-17(9-7-16)30(27,28)23-12-10-15(11-13-23)21(26)24-14-20(25)22-18-4-2-3-5-19(18)24/h2-9,15H,10-14H2,1H3,(H,22,25). The second-order valence-electron chi connectivity index (χ2n) is 7.34. The topological polar surface area (TPSA) is 86.8 Å². The molecule has 2 aliphatic rings. The number of hydrogen-bond donors (Lipinski definition) is 1. The first-order chi connectivity index (χ1) is 14.4. The molecule has 30 heavy (non-hydrogen) atoms. The molecule has 0 bridgehead atoms. The van der Waals surface area contributed by atoms with Crippen LogP contribution in [0.1, 0.15) is 12.8 Å². The molecule has 0 atom stereocenters. The Hall–Kier alpha value is -2.36. The average molecular weight is 446 g/mol. The fourth-order valence-electron chi connectivity index (χ4n) is 3.89. The summed E-state index contributed by atoms with van der Waals surface area (Å²) in [6, 6.07) is 14.1. The highest BCUT2D eigenvalue weighted by molar-refractivity contribution is 7.98. The number of hydrogen-bond acceptors (Lipinski definition) is 5. The highest BCUT2D eigenvalue weighted by Gasteiger charge is 2.36. The highest BCUT2D eigenvalue weighted by Crippen LogP contribution is 2.32. The molecule has 2 aromatic rings. The molecule has 2 aromatic carbocycles. The summed E-state index contributed by atoms with van der Waals surface area (Å²) in [7, 11) is -3.58. The van der Waals surface area contributed by atoms with E-state index >= 15 is 0 Å². The minimum absolute atomic E-state index is 0.0177.